The summed E-state index contributed by atoms with van der Waals surface area (Å²) in [7, 11) is -1.23. The Morgan fingerprint density at radius 2 is 1.88 bits per heavy atom. The fourth-order valence-electron chi connectivity index (χ4n) is 3.51. The summed E-state index contributed by atoms with van der Waals surface area (Å²) in [6.45, 7) is 3.91. The molecule has 0 bridgehead atoms. The number of carbonyl (C=O) groups is 1. The number of piperidine rings is 1. The van der Waals surface area contributed by atoms with Crippen molar-refractivity contribution in [1.29, 1.82) is 0 Å². The zero-order valence-electron chi connectivity index (χ0n) is 14.7. The van der Waals surface area contributed by atoms with Crippen LogP contribution in [0.2, 0.25) is 0 Å². The van der Waals surface area contributed by atoms with Gasteiger partial charge in [-0.25, -0.2) is 8.42 Å². The molecule has 1 aromatic rings. The van der Waals surface area contributed by atoms with E-state index >= 15 is 0 Å². The molecule has 0 spiro atoms. The monoisotopic (exact) mass is 387 g/mol. The van der Waals surface area contributed by atoms with Crippen LogP contribution in [0.15, 0.2) is 18.2 Å². The number of amides is 1. The number of hydrogen-bond donors (Lipinski definition) is 1. The van der Waals surface area contributed by atoms with Gasteiger partial charge in [0.05, 0.1) is 11.4 Å². The molecule has 2 aliphatic rings. The van der Waals surface area contributed by atoms with Crippen LogP contribution < -0.4 is 9.62 Å². The Morgan fingerprint density at radius 3 is 2.40 bits per heavy atom. The number of likely N-dealkylation sites (tertiary alicyclic amines) is 1. The Bertz CT molecular complexity index is 731. The molecule has 2 saturated heterocycles. The molecule has 0 aliphatic carbocycles. The van der Waals surface area contributed by atoms with Crippen LogP contribution in [0.3, 0.4) is 0 Å². The first-order valence-electron chi connectivity index (χ1n) is 8.50. The number of nitrogens with zero attached hydrogens (tertiary/aromatic N) is 2. The SMILES string of the molecule is CNC1CCN(C(=O)c2ccc(N3CCCS3(=O)=O)cc2C)CC1.Cl. The molecule has 8 heteroatoms. The van der Waals surface area contributed by atoms with Gasteiger partial charge in [-0.05, 0) is 57.0 Å². The maximum atomic E-state index is 12.7. The van der Waals surface area contributed by atoms with Crippen LogP contribution in [-0.2, 0) is 10.0 Å². The number of sulfonamides is 1. The summed E-state index contributed by atoms with van der Waals surface area (Å²) in [6.07, 6.45) is 2.58. The van der Waals surface area contributed by atoms with Crippen LogP contribution in [-0.4, -0.2) is 57.7 Å². The number of rotatable bonds is 3. The lowest BCUT2D eigenvalue weighted by Crippen LogP contribution is -2.44. The second kappa shape index (κ2) is 7.93. The zero-order valence-corrected chi connectivity index (χ0v) is 16.3. The fourth-order valence-corrected chi connectivity index (χ4v) is 5.07. The summed E-state index contributed by atoms with van der Waals surface area (Å²) in [5, 5.41) is 3.26. The number of aryl methyl sites for hydroxylation is 1. The second-order valence-electron chi connectivity index (χ2n) is 6.60. The molecule has 1 amide bonds. The van der Waals surface area contributed by atoms with Gasteiger partial charge in [0.1, 0.15) is 0 Å². The maximum Gasteiger partial charge on any atom is 0.254 e. The van der Waals surface area contributed by atoms with Crippen LogP contribution in [0.1, 0.15) is 35.2 Å². The van der Waals surface area contributed by atoms with E-state index in [1.165, 1.54) is 4.31 Å². The Kier molecular flexibility index (Phi) is 6.35. The molecule has 25 heavy (non-hydrogen) atoms. The third-order valence-electron chi connectivity index (χ3n) is 5.02. The highest BCUT2D eigenvalue weighted by Gasteiger charge is 2.29. The number of hydrogen-bond acceptors (Lipinski definition) is 4. The van der Waals surface area contributed by atoms with Crippen molar-refractivity contribution in [3.63, 3.8) is 0 Å². The molecule has 0 atom stereocenters. The zero-order chi connectivity index (χ0) is 17.3. The molecule has 0 aromatic heterocycles. The summed E-state index contributed by atoms with van der Waals surface area (Å²) >= 11 is 0. The van der Waals surface area contributed by atoms with Gasteiger partial charge in [-0.1, -0.05) is 0 Å². The molecular formula is C17H26ClN3O3S. The van der Waals surface area contributed by atoms with Crippen molar-refractivity contribution in [3.8, 4) is 0 Å². The average Bonchev–Trinajstić information content (AvgIpc) is 2.93. The summed E-state index contributed by atoms with van der Waals surface area (Å²) in [5.41, 5.74) is 2.16. The van der Waals surface area contributed by atoms with E-state index < -0.39 is 10.0 Å². The van der Waals surface area contributed by atoms with E-state index in [-0.39, 0.29) is 24.1 Å². The van der Waals surface area contributed by atoms with Crippen molar-refractivity contribution in [2.75, 3.05) is 36.7 Å². The molecule has 2 aliphatic heterocycles. The van der Waals surface area contributed by atoms with E-state index in [0.717, 1.165) is 31.5 Å². The first kappa shape index (κ1) is 20.0. The van der Waals surface area contributed by atoms with E-state index in [1.807, 2.05) is 24.9 Å². The molecule has 0 saturated carbocycles. The van der Waals surface area contributed by atoms with Crippen molar-refractivity contribution in [2.24, 2.45) is 0 Å². The Balaban J connectivity index is 0.00000225. The average molecular weight is 388 g/mol. The van der Waals surface area contributed by atoms with Gasteiger partial charge in [-0.2, -0.15) is 0 Å². The van der Waals surface area contributed by atoms with Crippen molar-refractivity contribution in [1.82, 2.24) is 10.2 Å². The second-order valence-corrected chi connectivity index (χ2v) is 8.61. The van der Waals surface area contributed by atoms with E-state index in [0.29, 0.717) is 30.3 Å². The minimum atomic E-state index is -3.19. The normalized spacial score (nSPS) is 20.4. The summed E-state index contributed by atoms with van der Waals surface area (Å²) < 4.78 is 25.5. The molecule has 2 fully saturated rings. The van der Waals surface area contributed by atoms with Crippen molar-refractivity contribution in [3.05, 3.63) is 29.3 Å². The lowest BCUT2D eigenvalue weighted by molar-refractivity contribution is 0.0706. The Morgan fingerprint density at radius 1 is 1.20 bits per heavy atom. The van der Waals surface area contributed by atoms with Crippen LogP contribution in [0.5, 0.6) is 0 Å². The van der Waals surface area contributed by atoms with Crippen LogP contribution in [0, 0.1) is 6.92 Å². The van der Waals surface area contributed by atoms with Crippen molar-refractivity contribution >= 4 is 34.0 Å². The van der Waals surface area contributed by atoms with E-state index in [1.54, 1.807) is 12.1 Å². The summed E-state index contributed by atoms with van der Waals surface area (Å²) in [4.78, 5) is 14.6. The molecule has 0 radical (unpaired) electrons. The van der Waals surface area contributed by atoms with Gasteiger partial charge >= 0.3 is 0 Å². The van der Waals surface area contributed by atoms with E-state index in [9.17, 15) is 13.2 Å². The lowest BCUT2D eigenvalue weighted by Gasteiger charge is -2.32. The number of halogens is 1. The number of carbonyl (C=O) groups excluding carboxylic acids is 1. The molecule has 2 heterocycles. The number of anilines is 1. The highest BCUT2D eigenvalue weighted by atomic mass is 35.5. The Hall–Kier alpha value is -1.31. The van der Waals surface area contributed by atoms with Gasteiger partial charge < -0.3 is 10.2 Å². The first-order valence-corrected chi connectivity index (χ1v) is 10.1. The minimum absolute atomic E-state index is 0. The highest BCUT2D eigenvalue weighted by molar-refractivity contribution is 7.93. The van der Waals surface area contributed by atoms with Gasteiger partial charge in [-0.3, -0.25) is 9.10 Å². The third kappa shape index (κ3) is 4.10. The smallest absolute Gasteiger partial charge is 0.254 e. The molecule has 1 aromatic carbocycles. The third-order valence-corrected chi connectivity index (χ3v) is 6.89. The topological polar surface area (TPSA) is 69.7 Å². The van der Waals surface area contributed by atoms with Gasteiger partial charge in [0.15, 0.2) is 0 Å². The predicted molar refractivity (Wildman–Crippen MR) is 102 cm³/mol. The summed E-state index contributed by atoms with van der Waals surface area (Å²) in [5.74, 6) is 0.241. The minimum Gasteiger partial charge on any atom is -0.339 e. The largest absolute Gasteiger partial charge is 0.339 e. The van der Waals surface area contributed by atoms with Gasteiger partial charge in [0.25, 0.3) is 5.91 Å². The van der Waals surface area contributed by atoms with E-state index in [4.69, 9.17) is 0 Å². The van der Waals surface area contributed by atoms with Crippen LogP contribution in [0.25, 0.3) is 0 Å². The molecule has 0 unspecified atom stereocenters. The highest BCUT2D eigenvalue weighted by Crippen LogP contribution is 2.27. The van der Waals surface area contributed by atoms with Gasteiger partial charge in [-0.15, -0.1) is 12.4 Å². The molecule has 140 valence electrons. The lowest BCUT2D eigenvalue weighted by atomic mass is 10.0. The van der Waals surface area contributed by atoms with Gasteiger partial charge in [0, 0.05) is 31.2 Å². The Labute approximate surface area is 156 Å². The number of benzene rings is 1. The van der Waals surface area contributed by atoms with Gasteiger partial charge in [0.2, 0.25) is 10.0 Å². The standard InChI is InChI=1S/C17H25N3O3S.ClH/c1-13-12-15(20-8-3-11-24(20,22)23)4-5-16(13)17(21)19-9-6-14(18-2)7-10-19;/h4-5,12,14,18H,3,6-11H2,1-2H3;1H. The van der Waals surface area contributed by atoms with Crippen molar-refractivity contribution in [2.45, 2.75) is 32.2 Å². The maximum absolute atomic E-state index is 12.7. The quantitative estimate of drug-likeness (QED) is 0.858. The molecule has 6 nitrogen and oxygen atoms in total. The molecular weight excluding hydrogens is 362 g/mol. The number of nitrogens with one attached hydrogen (secondary N) is 1. The predicted octanol–water partition coefficient (Wildman–Crippen LogP) is 1.78. The van der Waals surface area contributed by atoms with Crippen molar-refractivity contribution < 1.29 is 13.2 Å². The first-order chi connectivity index (χ1) is 11.4. The summed E-state index contributed by atoms with van der Waals surface area (Å²) in [6, 6.07) is 5.82. The molecule has 1 N–H and O–H groups in total. The molecule has 3 rings (SSSR count). The fraction of sp³-hybridized carbons (Fsp3) is 0.588. The van der Waals surface area contributed by atoms with E-state index in [2.05, 4.69) is 5.32 Å². The van der Waals surface area contributed by atoms with Crippen LogP contribution in [0.4, 0.5) is 5.69 Å². The van der Waals surface area contributed by atoms with Crippen LogP contribution >= 0.6 is 12.4 Å².